The standard InChI is InChI=1S/C26H17FN2O7S/c27-24-7-15(13-28)1-2-18(24)14-36-22-5-3-17-12-23(6-4-16(17)11-22)37(34,35)29-21-9-19(25(30)31)8-20(10-21)26(32)33/h1-12,29H,14H2,(H,30,31)(H,32,33). The van der Waals surface area contributed by atoms with E-state index in [1.165, 1.54) is 30.3 Å². The predicted molar refractivity (Wildman–Crippen MR) is 131 cm³/mol. The quantitative estimate of drug-likeness (QED) is 0.304. The number of rotatable bonds is 8. The number of fused-ring (bicyclic) bond motifs is 1. The fraction of sp³-hybridized carbons (Fsp3) is 0.0385. The van der Waals surface area contributed by atoms with Gasteiger partial charge in [0.15, 0.2) is 0 Å². The van der Waals surface area contributed by atoms with Gasteiger partial charge in [-0.25, -0.2) is 22.4 Å². The van der Waals surface area contributed by atoms with Gasteiger partial charge in [-0.3, -0.25) is 4.72 Å². The van der Waals surface area contributed by atoms with Crippen LogP contribution in [0.5, 0.6) is 5.75 Å². The highest BCUT2D eigenvalue weighted by molar-refractivity contribution is 7.92. The first kappa shape index (κ1) is 25.2. The number of carboxylic acid groups (broad SMARTS) is 2. The van der Waals surface area contributed by atoms with Gasteiger partial charge in [0, 0.05) is 5.56 Å². The van der Waals surface area contributed by atoms with E-state index in [1.807, 2.05) is 6.07 Å². The molecule has 0 radical (unpaired) electrons. The van der Waals surface area contributed by atoms with E-state index in [9.17, 15) is 32.6 Å². The van der Waals surface area contributed by atoms with Gasteiger partial charge in [0.05, 0.1) is 33.3 Å². The van der Waals surface area contributed by atoms with E-state index in [1.54, 1.807) is 18.2 Å². The molecular formula is C26H17FN2O7S. The van der Waals surface area contributed by atoms with Crippen LogP contribution in [0.15, 0.2) is 77.7 Å². The van der Waals surface area contributed by atoms with Crippen LogP contribution in [0.4, 0.5) is 10.1 Å². The molecule has 4 aromatic rings. The predicted octanol–water partition coefficient (Wildman–Crippen LogP) is 4.63. The Morgan fingerprint density at radius 3 is 2.16 bits per heavy atom. The summed E-state index contributed by atoms with van der Waals surface area (Å²) < 4.78 is 47.8. The van der Waals surface area contributed by atoms with Crippen molar-refractivity contribution >= 4 is 38.4 Å². The van der Waals surface area contributed by atoms with E-state index in [0.717, 1.165) is 24.3 Å². The average Bonchev–Trinajstić information content (AvgIpc) is 2.86. The first-order valence-electron chi connectivity index (χ1n) is 10.6. The lowest BCUT2D eigenvalue weighted by molar-refractivity contribution is 0.0696. The summed E-state index contributed by atoms with van der Waals surface area (Å²) in [6.07, 6.45) is 0. The molecule has 0 saturated carbocycles. The van der Waals surface area contributed by atoms with Crippen molar-refractivity contribution in [1.82, 2.24) is 0 Å². The molecular weight excluding hydrogens is 503 g/mol. The molecule has 0 fully saturated rings. The molecule has 37 heavy (non-hydrogen) atoms. The van der Waals surface area contributed by atoms with Crippen molar-refractivity contribution in [3.05, 3.63) is 101 Å². The van der Waals surface area contributed by atoms with Crippen LogP contribution in [-0.4, -0.2) is 30.6 Å². The lowest BCUT2D eigenvalue weighted by Crippen LogP contribution is -2.14. The highest BCUT2D eigenvalue weighted by Crippen LogP contribution is 2.26. The Kier molecular flexibility index (Phi) is 6.77. The van der Waals surface area contributed by atoms with Gasteiger partial charge in [0.2, 0.25) is 0 Å². The number of halogens is 1. The second kappa shape index (κ2) is 9.96. The smallest absolute Gasteiger partial charge is 0.335 e. The summed E-state index contributed by atoms with van der Waals surface area (Å²) in [5, 5.41) is 28.4. The molecule has 0 amide bonds. The Morgan fingerprint density at radius 2 is 1.54 bits per heavy atom. The second-order valence-corrected chi connectivity index (χ2v) is 9.57. The van der Waals surface area contributed by atoms with Crippen molar-refractivity contribution in [3.63, 3.8) is 0 Å². The van der Waals surface area contributed by atoms with Crippen molar-refractivity contribution < 1.29 is 37.3 Å². The molecule has 4 rings (SSSR count). The number of anilines is 1. The molecule has 3 N–H and O–H groups in total. The number of nitrogens with one attached hydrogen (secondary N) is 1. The number of hydrogen-bond acceptors (Lipinski definition) is 6. The molecule has 0 bridgehead atoms. The van der Waals surface area contributed by atoms with Crippen LogP contribution in [0, 0.1) is 17.1 Å². The minimum absolute atomic E-state index is 0.0762. The molecule has 4 aromatic carbocycles. The van der Waals surface area contributed by atoms with Crippen LogP contribution in [-0.2, 0) is 16.6 Å². The molecule has 0 unspecified atom stereocenters. The maximum Gasteiger partial charge on any atom is 0.335 e. The minimum atomic E-state index is -4.19. The zero-order valence-electron chi connectivity index (χ0n) is 18.8. The van der Waals surface area contributed by atoms with Gasteiger partial charge in [0.1, 0.15) is 18.2 Å². The van der Waals surface area contributed by atoms with E-state index in [2.05, 4.69) is 4.72 Å². The number of ether oxygens (including phenoxy) is 1. The number of hydrogen-bond donors (Lipinski definition) is 3. The summed E-state index contributed by atoms with van der Waals surface area (Å²) in [6, 6.07) is 18.0. The Hall–Kier alpha value is -4.95. The van der Waals surface area contributed by atoms with Gasteiger partial charge < -0.3 is 14.9 Å². The molecule has 0 heterocycles. The van der Waals surface area contributed by atoms with Gasteiger partial charge >= 0.3 is 11.9 Å². The van der Waals surface area contributed by atoms with Crippen LogP contribution in [0.1, 0.15) is 31.8 Å². The van der Waals surface area contributed by atoms with Crippen LogP contribution >= 0.6 is 0 Å². The number of carboxylic acids is 2. The van der Waals surface area contributed by atoms with Crippen LogP contribution in [0.25, 0.3) is 10.8 Å². The third-order valence-corrected chi connectivity index (χ3v) is 6.73. The van der Waals surface area contributed by atoms with Crippen molar-refractivity contribution in [2.24, 2.45) is 0 Å². The second-order valence-electron chi connectivity index (χ2n) is 7.89. The van der Waals surface area contributed by atoms with Gasteiger partial charge in [-0.05, 0) is 65.4 Å². The lowest BCUT2D eigenvalue weighted by atomic mass is 10.1. The van der Waals surface area contributed by atoms with E-state index in [4.69, 9.17) is 10.00 Å². The molecule has 9 nitrogen and oxygen atoms in total. The zero-order chi connectivity index (χ0) is 26.7. The number of carbonyl (C=O) groups is 2. The van der Waals surface area contributed by atoms with E-state index >= 15 is 0 Å². The fourth-order valence-corrected chi connectivity index (χ4v) is 4.58. The molecule has 11 heteroatoms. The molecule has 0 aliphatic rings. The van der Waals surface area contributed by atoms with Crippen molar-refractivity contribution in [3.8, 4) is 11.8 Å². The Balaban J connectivity index is 1.56. The minimum Gasteiger partial charge on any atom is -0.489 e. The number of sulfonamides is 1. The summed E-state index contributed by atoms with van der Waals surface area (Å²) in [4.78, 5) is 22.5. The average molecular weight is 520 g/mol. The fourth-order valence-electron chi connectivity index (χ4n) is 3.50. The molecule has 0 aliphatic carbocycles. The summed E-state index contributed by atoms with van der Waals surface area (Å²) in [6.45, 7) is -0.0762. The number of nitrogens with zero attached hydrogens (tertiary/aromatic N) is 1. The van der Waals surface area contributed by atoms with Crippen molar-refractivity contribution in [2.75, 3.05) is 4.72 Å². The first-order chi connectivity index (χ1) is 17.6. The maximum absolute atomic E-state index is 14.1. The van der Waals surface area contributed by atoms with E-state index in [-0.39, 0.29) is 39.4 Å². The molecule has 0 aliphatic heterocycles. The monoisotopic (exact) mass is 520 g/mol. The molecule has 0 spiro atoms. The molecule has 0 saturated heterocycles. The summed E-state index contributed by atoms with van der Waals surface area (Å²) >= 11 is 0. The number of benzene rings is 4. The third kappa shape index (κ3) is 5.66. The SMILES string of the molecule is N#Cc1ccc(COc2ccc3cc(S(=O)(=O)Nc4cc(C(=O)O)cc(C(=O)O)c4)ccc3c2)c(F)c1. The molecule has 0 atom stereocenters. The zero-order valence-corrected chi connectivity index (χ0v) is 19.6. The topological polar surface area (TPSA) is 154 Å². The normalized spacial score (nSPS) is 11.0. The van der Waals surface area contributed by atoms with Crippen LogP contribution < -0.4 is 9.46 Å². The lowest BCUT2D eigenvalue weighted by Gasteiger charge is -2.12. The summed E-state index contributed by atoms with van der Waals surface area (Å²) in [5.74, 6) is -2.97. The largest absolute Gasteiger partial charge is 0.489 e. The van der Waals surface area contributed by atoms with Crippen LogP contribution in [0.3, 0.4) is 0 Å². The van der Waals surface area contributed by atoms with E-state index in [0.29, 0.717) is 16.5 Å². The van der Waals surface area contributed by atoms with Crippen LogP contribution in [0.2, 0.25) is 0 Å². The van der Waals surface area contributed by atoms with Gasteiger partial charge in [-0.15, -0.1) is 0 Å². The Morgan fingerprint density at radius 1 is 0.892 bits per heavy atom. The third-order valence-electron chi connectivity index (χ3n) is 5.35. The number of aromatic carboxylic acids is 2. The van der Waals surface area contributed by atoms with Gasteiger partial charge in [-0.1, -0.05) is 18.2 Å². The highest BCUT2D eigenvalue weighted by atomic mass is 32.2. The van der Waals surface area contributed by atoms with E-state index < -0.39 is 27.8 Å². The van der Waals surface area contributed by atoms with Crippen molar-refractivity contribution in [1.29, 1.82) is 5.26 Å². The maximum atomic E-state index is 14.1. The Labute approximate surface area is 210 Å². The molecule has 0 aromatic heterocycles. The first-order valence-corrected chi connectivity index (χ1v) is 12.0. The summed E-state index contributed by atoms with van der Waals surface area (Å²) in [7, 11) is -4.19. The van der Waals surface area contributed by atoms with Gasteiger partial charge in [-0.2, -0.15) is 5.26 Å². The highest BCUT2D eigenvalue weighted by Gasteiger charge is 2.18. The van der Waals surface area contributed by atoms with Gasteiger partial charge in [0.25, 0.3) is 10.0 Å². The van der Waals surface area contributed by atoms with Crippen molar-refractivity contribution in [2.45, 2.75) is 11.5 Å². The Bertz CT molecular complexity index is 1680. The summed E-state index contributed by atoms with van der Waals surface area (Å²) in [5.41, 5.74) is -0.515. The number of nitriles is 1. The molecule has 186 valence electrons.